The number of benzene rings is 1. The van der Waals surface area contributed by atoms with Crippen LogP contribution in [-0.2, 0) is 0 Å². The Morgan fingerprint density at radius 2 is 2.23 bits per heavy atom. The molecule has 66 valence electrons. The maximum absolute atomic E-state index is 12.8. The molecule has 1 aromatic heterocycles. The lowest BCUT2D eigenvalue weighted by molar-refractivity contribution is 0.418. The van der Waals surface area contributed by atoms with Crippen LogP contribution in [0.15, 0.2) is 33.6 Å². The van der Waals surface area contributed by atoms with E-state index in [2.05, 4.69) is 30.6 Å². The molecule has 0 bridgehead atoms. The Bertz CT molecular complexity index is 416. The third-order valence-corrected chi connectivity index (χ3v) is 2.22. The summed E-state index contributed by atoms with van der Waals surface area (Å²) in [6, 6.07) is 4.30. The van der Waals surface area contributed by atoms with Crippen molar-refractivity contribution in [2.24, 2.45) is 0 Å². The van der Waals surface area contributed by atoms with Crippen LogP contribution >= 0.6 is 15.9 Å². The molecular weight excluding hydrogens is 239 g/mol. The van der Waals surface area contributed by atoms with E-state index in [1.807, 2.05) is 0 Å². The summed E-state index contributed by atoms with van der Waals surface area (Å²) >= 11 is 3.26. The van der Waals surface area contributed by atoms with Crippen LogP contribution in [0.25, 0.3) is 11.4 Å². The largest absolute Gasteiger partial charge is 0.342 e. The molecule has 3 nitrogen and oxygen atoms in total. The van der Waals surface area contributed by atoms with Crippen molar-refractivity contribution in [3.05, 3.63) is 34.9 Å². The van der Waals surface area contributed by atoms with E-state index in [0.717, 1.165) is 4.47 Å². The molecule has 0 saturated carbocycles. The number of hydrogen-bond acceptors (Lipinski definition) is 3. The van der Waals surface area contributed by atoms with Gasteiger partial charge in [0.2, 0.25) is 12.2 Å². The van der Waals surface area contributed by atoms with Crippen molar-refractivity contribution in [1.82, 2.24) is 10.1 Å². The molecule has 2 rings (SSSR count). The first-order chi connectivity index (χ1) is 6.27. The molecule has 0 fully saturated rings. The first-order valence-corrected chi connectivity index (χ1v) is 4.28. The monoisotopic (exact) mass is 242 g/mol. The lowest BCUT2D eigenvalue weighted by Crippen LogP contribution is -1.84. The molecule has 0 radical (unpaired) electrons. The second-order valence-electron chi connectivity index (χ2n) is 2.38. The van der Waals surface area contributed by atoms with Crippen molar-refractivity contribution >= 4 is 15.9 Å². The minimum atomic E-state index is -0.331. The number of hydrogen-bond donors (Lipinski definition) is 0. The predicted octanol–water partition coefficient (Wildman–Crippen LogP) is 2.64. The van der Waals surface area contributed by atoms with E-state index in [9.17, 15) is 4.39 Å². The second kappa shape index (κ2) is 3.26. The van der Waals surface area contributed by atoms with Gasteiger partial charge in [0, 0.05) is 10.0 Å². The van der Waals surface area contributed by atoms with Crippen LogP contribution in [0.1, 0.15) is 0 Å². The number of aromatic nitrogens is 2. The van der Waals surface area contributed by atoms with E-state index in [0.29, 0.717) is 11.4 Å². The highest BCUT2D eigenvalue weighted by Crippen LogP contribution is 2.25. The van der Waals surface area contributed by atoms with Gasteiger partial charge >= 0.3 is 0 Å². The van der Waals surface area contributed by atoms with Crippen LogP contribution in [0.3, 0.4) is 0 Å². The Morgan fingerprint density at radius 1 is 1.38 bits per heavy atom. The third kappa shape index (κ3) is 1.60. The minimum Gasteiger partial charge on any atom is -0.342 e. The SMILES string of the molecule is Fc1ccc(Br)c(-c2ncon2)c1. The average Bonchev–Trinajstić information content (AvgIpc) is 2.61. The third-order valence-electron chi connectivity index (χ3n) is 1.53. The van der Waals surface area contributed by atoms with Crippen molar-refractivity contribution in [2.45, 2.75) is 0 Å². The van der Waals surface area contributed by atoms with Crippen LogP contribution < -0.4 is 0 Å². The Hall–Kier alpha value is -1.23. The van der Waals surface area contributed by atoms with Gasteiger partial charge in [0.15, 0.2) is 0 Å². The van der Waals surface area contributed by atoms with Crippen molar-refractivity contribution in [1.29, 1.82) is 0 Å². The van der Waals surface area contributed by atoms with Crippen LogP contribution in [0.4, 0.5) is 4.39 Å². The fourth-order valence-corrected chi connectivity index (χ4v) is 1.38. The fourth-order valence-electron chi connectivity index (χ4n) is 0.958. The van der Waals surface area contributed by atoms with Crippen molar-refractivity contribution in [3.8, 4) is 11.4 Å². The van der Waals surface area contributed by atoms with E-state index in [-0.39, 0.29) is 5.82 Å². The summed E-state index contributed by atoms with van der Waals surface area (Å²) in [5.74, 6) is 0.0365. The van der Waals surface area contributed by atoms with Crippen LogP contribution in [0.2, 0.25) is 0 Å². The molecule has 5 heteroatoms. The maximum atomic E-state index is 12.8. The normalized spacial score (nSPS) is 10.3. The molecule has 1 aromatic carbocycles. The summed E-state index contributed by atoms with van der Waals surface area (Å²) in [5, 5.41) is 3.61. The summed E-state index contributed by atoms with van der Waals surface area (Å²) in [7, 11) is 0. The lowest BCUT2D eigenvalue weighted by atomic mass is 10.2. The zero-order chi connectivity index (χ0) is 9.26. The average molecular weight is 243 g/mol. The Morgan fingerprint density at radius 3 is 2.92 bits per heavy atom. The van der Waals surface area contributed by atoms with Gasteiger partial charge in [-0.05, 0) is 18.2 Å². The zero-order valence-corrected chi connectivity index (χ0v) is 7.95. The number of halogens is 2. The smallest absolute Gasteiger partial charge is 0.214 e. The van der Waals surface area contributed by atoms with Gasteiger partial charge in [-0.2, -0.15) is 4.98 Å². The standard InChI is InChI=1S/C8H4BrFN2O/c9-7-2-1-5(10)3-6(7)8-11-4-13-12-8/h1-4H. The first kappa shape index (κ1) is 8.37. The molecule has 0 amide bonds. The van der Waals surface area contributed by atoms with Gasteiger partial charge in [-0.1, -0.05) is 21.1 Å². The van der Waals surface area contributed by atoms with E-state index in [1.54, 1.807) is 6.07 Å². The fraction of sp³-hybridized carbons (Fsp3) is 0. The van der Waals surface area contributed by atoms with Gasteiger partial charge in [0.25, 0.3) is 0 Å². The van der Waals surface area contributed by atoms with Gasteiger partial charge < -0.3 is 4.52 Å². The predicted molar refractivity (Wildman–Crippen MR) is 47.4 cm³/mol. The van der Waals surface area contributed by atoms with E-state index in [4.69, 9.17) is 0 Å². The summed E-state index contributed by atoms with van der Waals surface area (Å²) in [6.45, 7) is 0. The molecule has 0 spiro atoms. The van der Waals surface area contributed by atoms with Gasteiger partial charge in [0.1, 0.15) is 5.82 Å². The highest BCUT2D eigenvalue weighted by molar-refractivity contribution is 9.10. The van der Waals surface area contributed by atoms with Crippen LogP contribution in [0, 0.1) is 5.82 Å². The van der Waals surface area contributed by atoms with Crippen molar-refractivity contribution in [3.63, 3.8) is 0 Å². The molecular formula is C8H4BrFN2O. The highest BCUT2D eigenvalue weighted by Gasteiger charge is 2.08. The lowest BCUT2D eigenvalue weighted by Gasteiger charge is -1.97. The molecule has 0 saturated heterocycles. The molecule has 0 atom stereocenters. The Labute approximate surface area is 81.7 Å². The van der Waals surface area contributed by atoms with Gasteiger partial charge in [-0.3, -0.25) is 0 Å². The molecule has 1 heterocycles. The van der Waals surface area contributed by atoms with E-state index < -0.39 is 0 Å². The van der Waals surface area contributed by atoms with Crippen LogP contribution in [-0.4, -0.2) is 10.1 Å². The molecule has 0 N–H and O–H groups in total. The van der Waals surface area contributed by atoms with Crippen molar-refractivity contribution < 1.29 is 8.91 Å². The topological polar surface area (TPSA) is 38.9 Å². The number of rotatable bonds is 1. The molecule has 2 aromatic rings. The summed E-state index contributed by atoms with van der Waals surface area (Å²) in [5.41, 5.74) is 0.578. The zero-order valence-electron chi connectivity index (χ0n) is 6.37. The van der Waals surface area contributed by atoms with E-state index >= 15 is 0 Å². The Kier molecular flexibility index (Phi) is 2.10. The van der Waals surface area contributed by atoms with Crippen LogP contribution in [0.5, 0.6) is 0 Å². The summed E-state index contributed by atoms with van der Waals surface area (Å²) in [6.07, 6.45) is 1.20. The summed E-state index contributed by atoms with van der Waals surface area (Å²) < 4.78 is 18.1. The molecule has 13 heavy (non-hydrogen) atoms. The minimum absolute atomic E-state index is 0.331. The molecule has 0 aliphatic rings. The molecule has 0 aliphatic heterocycles. The van der Waals surface area contributed by atoms with E-state index in [1.165, 1.54) is 18.5 Å². The number of nitrogens with zero attached hydrogens (tertiary/aromatic N) is 2. The Balaban J connectivity index is 2.57. The molecule has 0 aliphatic carbocycles. The molecule has 0 unspecified atom stereocenters. The quantitative estimate of drug-likeness (QED) is 0.772. The first-order valence-electron chi connectivity index (χ1n) is 3.49. The maximum Gasteiger partial charge on any atom is 0.214 e. The van der Waals surface area contributed by atoms with Crippen molar-refractivity contribution in [2.75, 3.05) is 0 Å². The summed E-state index contributed by atoms with van der Waals surface area (Å²) in [4.78, 5) is 3.81. The van der Waals surface area contributed by atoms with Gasteiger partial charge in [0.05, 0.1) is 0 Å². The second-order valence-corrected chi connectivity index (χ2v) is 3.23. The van der Waals surface area contributed by atoms with Gasteiger partial charge in [-0.15, -0.1) is 0 Å². The highest BCUT2D eigenvalue weighted by atomic mass is 79.9. The van der Waals surface area contributed by atoms with Gasteiger partial charge in [-0.25, -0.2) is 4.39 Å².